The van der Waals surface area contributed by atoms with Gasteiger partial charge in [-0.3, -0.25) is 4.90 Å². The summed E-state index contributed by atoms with van der Waals surface area (Å²) in [6, 6.07) is 17.7. The highest BCUT2D eigenvalue weighted by Gasteiger charge is 2.14. The number of hydrogen-bond donors (Lipinski definition) is 1. The third kappa shape index (κ3) is 2.86. The lowest BCUT2D eigenvalue weighted by atomic mass is 10.1. The first-order valence-electron chi connectivity index (χ1n) is 7.32. The summed E-state index contributed by atoms with van der Waals surface area (Å²) >= 11 is 0. The van der Waals surface area contributed by atoms with E-state index in [1.165, 1.54) is 28.8 Å². The molecule has 104 valence electrons. The average molecular weight is 266 g/mol. The summed E-state index contributed by atoms with van der Waals surface area (Å²) in [5, 5.41) is 3.40. The molecule has 0 radical (unpaired) electrons. The van der Waals surface area contributed by atoms with Crippen LogP contribution in [-0.4, -0.2) is 18.0 Å². The predicted octanol–water partition coefficient (Wildman–Crippen LogP) is 3.68. The largest absolute Gasteiger partial charge is 0.382 e. The van der Waals surface area contributed by atoms with Crippen molar-refractivity contribution in [3.8, 4) is 0 Å². The molecule has 2 aromatic rings. The van der Waals surface area contributed by atoms with Gasteiger partial charge in [-0.2, -0.15) is 0 Å². The van der Waals surface area contributed by atoms with E-state index < -0.39 is 0 Å². The lowest BCUT2D eigenvalue weighted by Gasteiger charge is -2.02. The fourth-order valence-electron chi connectivity index (χ4n) is 2.99. The SMILES string of the molecule is CC1Cc2ccccc2N1.CN1Cc2ccccc2C1. The van der Waals surface area contributed by atoms with Gasteiger partial charge in [-0.25, -0.2) is 0 Å². The monoisotopic (exact) mass is 266 g/mol. The number of para-hydroxylation sites is 1. The number of nitrogens with zero attached hydrogens (tertiary/aromatic N) is 1. The molecule has 1 unspecified atom stereocenters. The molecule has 2 heteroatoms. The van der Waals surface area contributed by atoms with Crippen molar-refractivity contribution in [2.45, 2.75) is 32.5 Å². The molecule has 0 fully saturated rings. The van der Waals surface area contributed by atoms with Crippen LogP contribution in [-0.2, 0) is 19.5 Å². The van der Waals surface area contributed by atoms with E-state index in [4.69, 9.17) is 0 Å². The fraction of sp³-hybridized carbons (Fsp3) is 0.333. The van der Waals surface area contributed by atoms with E-state index in [0.29, 0.717) is 6.04 Å². The van der Waals surface area contributed by atoms with Crippen LogP contribution in [0.25, 0.3) is 0 Å². The molecule has 0 saturated heterocycles. The highest BCUT2D eigenvalue weighted by molar-refractivity contribution is 5.56. The van der Waals surface area contributed by atoms with Gasteiger partial charge in [-0.1, -0.05) is 42.5 Å². The van der Waals surface area contributed by atoms with Crippen molar-refractivity contribution in [3.05, 3.63) is 65.2 Å². The highest BCUT2D eigenvalue weighted by atomic mass is 15.1. The zero-order valence-corrected chi connectivity index (χ0v) is 12.3. The summed E-state index contributed by atoms with van der Waals surface area (Å²) in [7, 11) is 2.15. The molecule has 1 atom stereocenters. The number of nitrogens with one attached hydrogen (secondary N) is 1. The molecule has 1 N–H and O–H groups in total. The van der Waals surface area contributed by atoms with Crippen molar-refractivity contribution in [2.24, 2.45) is 0 Å². The maximum Gasteiger partial charge on any atom is 0.0375 e. The number of benzene rings is 2. The maximum atomic E-state index is 3.40. The van der Waals surface area contributed by atoms with Gasteiger partial charge in [0.1, 0.15) is 0 Å². The van der Waals surface area contributed by atoms with E-state index in [2.05, 4.69) is 72.7 Å². The molecule has 0 aliphatic carbocycles. The van der Waals surface area contributed by atoms with Gasteiger partial charge in [0.15, 0.2) is 0 Å². The summed E-state index contributed by atoms with van der Waals surface area (Å²) in [6.07, 6.45) is 1.18. The molecule has 0 bridgehead atoms. The van der Waals surface area contributed by atoms with Crippen LogP contribution in [0.1, 0.15) is 23.6 Å². The summed E-state index contributed by atoms with van der Waals surface area (Å²) < 4.78 is 0. The normalized spacial score (nSPS) is 19.6. The molecule has 0 saturated carbocycles. The molecular formula is C18H22N2. The van der Waals surface area contributed by atoms with Crippen molar-refractivity contribution < 1.29 is 0 Å². The second-order valence-electron chi connectivity index (χ2n) is 5.85. The number of fused-ring (bicyclic) bond motifs is 2. The predicted molar refractivity (Wildman–Crippen MR) is 84.8 cm³/mol. The van der Waals surface area contributed by atoms with Gasteiger partial charge < -0.3 is 5.32 Å². The first kappa shape index (κ1) is 13.2. The van der Waals surface area contributed by atoms with E-state index in [1.807, 2.05) is 0 Å². The minimum absolute atomic E-state index is 0.623. The van der Waals surface area contributed by atoms with Crippen molar-refractivity contribution in [2.75, 3.05) is 12.4 Å². The third-order valence-electron chi connectivity index (χ3n) is 3.94. The van der Waals surface area contributed by atoms with Crippen LogP contribution in [0.5, 0.6) is 0 Å². The molecule has 2 heterocycles. The average Bonchev–Trinajstić information content (AvgIpc) is 2.99. The first-order valence-corrected chi connectivity index (χ1v) is 7.32. The van der Waals surface area contributed by atoms with Gasteiger partial charge in [0.25, 0.3) is 0 Å². The number of anilines is 1. The van der Waals surface area contributed by atoms with Gasteiger partial charge in [-0.15, -0.1) is 0 Å². The molecule has 4 rings (SSSR count). The van der Waals surface area contributed by atoms with Crippen LogP contribution in [0.15, 0.2) is 48.5 Å². The smallest absolute Gasteiger partial charge is 0.0375 e. The Morgan fingerprint density at radius 2 is 1.45 bits per heavy atom. The lowest BCUT2D eigenvalue weighted by molar-refractivity contribution is 0.353. The maximum absolute atomic E-state index is 3.40. The van der Waals surface area contributed by atoms with Crippen LogP contribution in [0.4, 0.5) is 5.69 Å². The zero-order chi connectivity index (χ0) is 13.9. The van der Waals surface area contributed by atoms with E-state index in [1.54, 1.807) is 0 Å². The Morgan fingerprint density at radius 1 is 0.900 bits per heavy atom. The summed E-state index contributed by atoms with van der Waals surface area (Å²) in [5.41, 5.74) is 5.75. The molecule has 2 aliphatic rings. The van der Waals surface area contributed by atoms with Crippen molar-refractivity contribution >= 4 is 5.69 Å². The summed E-state index contributed by atoms with van der Waals surface area (Å²) in [4.78, 5) is 2.32. The molecule has 2 aliphatic heterocycles. The lowest BCUT2D eigenvalue weighted by Crippen LogP contribution is -2.08. The second-order valence-corrected chi connectivity index (χ2v) is 5.85. The van der Waals surface area contributed by atoms with Gasteiger partial charge in [0, 0.05) is 24.8 Å². The fourth-order valence-corrected chi connectivity index (χ4v) is 2.99. The first-order chi connectivity index (χ1) is 9.72. The van der Waals surface area contributed by atoms with Crippen LogP contribution in [0.3, 0.4) is 0 Å². The number of rotatable bonds is 0. The van der Waals surface area contributed by atoms with Crippen LogP contribution < -0.4 is 5.32 Å². The highest BCUT2D eigenvalue weighted by Crippen LogP contribution is 2.24. The second kappa shape index (κ2) is 5.68. The zero-order valence-electron chi connectivity index (χ0n) is 12.3. The Labute approximate surface area is 121 Å². The molecular weight excluding hydrogens is 244 g/mol. The van der Waals surface area contributed by atoms with Crippen LogP contribution in [0.2, 0.25) is 0 Å². The van der Waals surface area contributed by atoms with E-state index >= 15 is 0 Å². The van der Waals surface area contributed by atoms with Crippen LogP contribution in [0, 0.1) is 0 Å². The van der Waals surface area contributed by atoms with Crippen molar-refractivity contribution in [1.29, 1.82) is 0 Å². The molecule has 0 amide bonds. The number of hydrogen-bond acceptors (Lipinski definition) is 2. The molecule has 0 aromatic heterocycles. The van der Waals surface area contributed by atoms with E-state index in [-0.39, 0.29) is 0 Å². The van der Waals surface area contributed by atoms with Crippen molar-refractivity contribution in [1.82, 2.24) is 4.90 Å². The molecule has 20 heavy (non-hydrogen) atoms. The summed E-state index contributed by atoms with van der Waals surface area (Å²) in [5.74, 6) is 0. The van der Waals surface area contributed by atoms with Crippen molar-refractivity contribution in [3.63, 3.8) is 0 Å². The topological polar surface area (TPSA) is 15.3 Å². The van der Waals surface area contributed by atoms with Gasteiger partial charge in [-0.05, 0) is 43.1 Å². The van der Waals surface area contributed by atoms with Crippen LogP contribution >= 0.6 is 0 Å². The minimum atomic E-state index is 0.623. The minimum Gasteiger partial charge on any atom is -0.382 e. The Kier molecular flexibility index (Phi) is 3.75. The van der Waals surface area contributed by atoms with Gasteiger partial charge in [0.05, 0.1) is 0 Å². The molecule has 2 nitrogen and oxygen atoms in total. The molecule has 2 aromatic carbocycles. The Hall–Kier alpha value is -1.80. The van der Waals surface area contributed by atoms with Gasteiger partial charge >= 0.3 is 0 Å². The standard InChI is InChI=1S/2C9H11N/c1-10-6-8-4-2-3-5-9(8)7-10;1-7-6-8-4-2-3-5-9(8)10-7/h2-5H,6-7H2,1H3;2-5,7,10H,6H2,1H3. The van der Waals surface area contributed by atoms with E-state index in [9.17, 15) is 0 Å². The Balaban J connectivity index is 0.000000121. The quantitative estimate of drug-likeness (QED) is 0.782. The van der Waals surface area contributed by atoms with Gasteiger partial charge in [0.2, 0.25) is 0 Å². The molecule has 0 spiro atoms. The Morgan fingerprint density at radius 3 is 2.05 bits per heavy atom. The Bertz CT molecular complexity index is 488. The summed E-state index contributed by atoms with van der Waals surface area (Å²) in [6.45, 7) is 4.45. The van der Waals surface area contributed by atoms with E-state index in [0.717, 1.165) is 13.1 Å². The third-order valence-corrected chi connectivity index (χ3v) is 3.94.